The molecule has 0 bridgehead atoms. The lowest BCUT2D eigenvalue weighted by atomic mass is 10.2. The highest BCUT2D eigenvalue weighted by atomic mass is 16.7. The first-order valence-electron chi connectivity index (χ1n) is 5.55. The summed E-state index contributed by atoms with van der Waals surface area (Å²) in [5, 5.41) is 8.58. The van der Waals surface area contributed by atoms with Crippen LogP contribution in [0, 0.1) is 17.2 Å². The monoisotopic (exact) mass is 217 g/mol. The van der Waals surface area contributed by atoms with Crippen LogP contribution < -0.4 is 4.74 Å². The molecule has 1 aromatic carbocycles. The molecule has 0 heterocycles. The van der Waals surface area contributed by atoms with Crippen molar-refractivity contribution in [1.29, 1.82) is 5.26 Å². The molecule has 2 rings (SSSR count). The van der Waals surface area contributed by atoms with Crippen molar-refractivity contribution in [2.24, 2.45) is 5.92 Å². The molecule has 3 nitrogen and oxygen atoms in total. The Balaban J connectivity index is 1.74. The molecule has 16 heavy (non-hydrogen) atoms. The number of nitriles is 1. The second kappa shape index (κ2) is 5.53. The molecule has 0 N–H and O–H groups in total. The fourth-order valence-electron chi connectivity index (χ4n) is 1.45. The molecule has 1 fully saturated rings. The molecule has 0 aliphatic heterocycles. The van der Waals surface area contributed by atoms with Gasteiger partial charge >= 0.3 is 0 Å². The summed E-state index contributed by atoms with van der Waals surface area (Å²) < 4.78 is 10.8. The van der Waals surface area contributed by atoms with Crippen molar-refractivity contribution >= 4 is 0 Å². The molecule has 0 radical (unpaired) electrons. The molecule has 84 valence electrons. The molecule has 0 spiro atoms. The zero-order chi connectivity index (χ0) is 11.2. The Morgan fingerprint density at radius 2 is 2.25 bits per heavy atom. The molecule has 1 saturated carbocycles. The third-order valence-electron chi connectivity index (χ3n) is 2.54. The lowest BCUT2D eigenvalue weighted by Gasteiger charge is -2.07. The molecular weight excluding hydrogens is 202 g/mol. The average molecular weight is 217 g/mol. The Morgan fingerprint density at radius 1 is 1.38 bits per heavy atom. The number of hydrogen-bond donors (Lipinski definition) is 0. The molecule has 0 saturated heterocycles. The van der Waals surface area contributed by atoms with Crippen LogP contribution >= 0.6 is 0 Å². The van der Waals surface area contributed by atoms with Crippen LogP contribution in [0.1, 0.15) is 18.4 Å². The average Bonchev–Trinajstić information content (AvgIpc) is 3.09. The van der Waals surface area contributed by atoms with Gasteiger partial charge in [0.2, 0.25) is 0 Å². The molecule has 3 heteroatoms. The van der Waals surface area contributed by atoms with Gasteiger partial charge in [0, 0.05) is 0 Å². The van der Waals surface area contributed by atoms with Crippen LogP contribution in [0.25, 0.3) is 0 Å². The van der Waals surface area contributed by atoms with Gasteiger partial charge in [-0.05, 0) is 36.5 Å². The van der Waals surface area contributed by atoms with Crippen LogP contribution in [0.2, 0.25) is 0 Å². The number of hydrogen-bond acceptors (Lipinski definition) is 3. The normalized spacial score (nSPS) is 14.4. The SMILES string of the molecule is N#CCc1cccc(OCOCC2CC2)c1. The van der Waals surface area contributed by atoms with Crippen molar-refractivity contribution in [3.05, 3.63) is 29.8 Å². The Bertz CT molecular complexity index is 380. The van der Waals surface area contributed by atoms with Crippen molar-refractivity contribution in [2.75, 3.05) is 13.4 Å². The number of ether oxygens (including phenoxy) is 2. The third kappa shape index (κ3) is 3.56. The minimum atomic E-state index is 0.298. The predicted molar refractivity (Wildman–Crippen MR) is 59.9 cm³/mol. The van der Waals surface area contributed by atoms with Gasteiger partial charge in [0.05, 0.1) is 19.1 Å². The maximum absolute atomic E-state index is 8.58. The molecule has 1 aromatic rings. The summed E-state index contributed by atoms with van der Waals surface area (Å²) >= 11 is 0. The summed E-state index contributed by atoms with van der Waals surface area (Å²) in [5.41, 5.74) is 0.974. The van der Waals surface area contributed by atoms with Crippen molar-refractivity contribution in [1.82, 2.24) is 0 Å². The van der Waals surface area contributed by atoms with Crippen molar-refractivity contribution in [3.63, 3.8) is 0 Å². The van der Waals surface area contributed by atoms with E-state index in [1.165, 1.54) is 12.8 Å². The van der Waals surface area contributed by atoms with E-state index in [9.17, 15) is 0 Å². The third-order valence-corrected chi connectivity index (χ3v) is 2.54. The summed E-state index contributed by atoms with van der Waals surface area (Å²) in [6.45, 7) is 1.10. The van der Waals surface area contributed by atoms with E-state index in [2.05, 4.69) is 6.07 Å². The number of benzene rings is 1. The van der Waals surface area contributed by atoms with Gasteiger partial charge in [0.25, 0.3) is 0 Å². The van der Waals surface area contributed by atoms with Crippen LogP contribution in [-0.2, 0) is 11.2 Å². The van der Waals surface area contributed by atoms with Crippen molar-refractivity contribution in [2.45, 2.75) is 19.3 Å². The fourth-order valence-corrected chi connectivity index (χ4v) is 1.45. The van der Waals surface area contributed by atoms with E-state index < -0.39 is 0 Å². The lowest BCUT2D eigenvalue weighted by Crippen LogP contribution is -2.05. The highest BCUT2D eigenvalue weighted by Crippen LogP contribution is 2.28. The lowest BCUT2D eigenvalue weighted by molar-refractivity contribution is 0.00995. The molecular formula is C13H15NO2. The van der Waals surface area contributed by atoms with E-state index in [0.717, 1.165) is 23.8 Å². The summed E-state index contributed by atoms with van der Waals surface area (Å²) in [4.78, 5) is 0. The number of rotatable bonds is 6. The first kappa shape index (κ1) is 11.0. The van der Waals surface area contributed by atoms with Crippen LogP contribution in [0.5, 0.6) is 5.75 Å². The largest absolute Gasteiger partial charge is 0.468 e. The standard InChI is InChI=1S/C13H15NO2/c14-7-6-11-2-1-3-13(8-11)16-10-15-9-12-4-5-12/h1-3,8,12H,4-6,9-10H2. The summed E-state index contributed by atoms with van der Waals surface area (Å²) in [6.07, 6.45) is 3.00. The summed E-state index contributed by atoms with van der Waals surface area (Å²) in [6, 6.07) is 9.68. The van der Waals surface area contributed by atoms with Gasteiger partial charge in [-0.25, -0.2) is 0 Å². The van der Waals surface area contributed by atoms with E-state index in [1.54, 1.807) is 0 Å². The maximum Gasteiger partial charge on any atom is 0.189 e. The highest BCUT2D eigenvalue weighted by Gasteiger charge is 2.20. The van der Waals surface area contributed by atoms with E-state index in [1.807, 2.05) is 24.3 Å². The van der Waals surface area contributed by atoms with Gasteiger partial charge in [-0.2, -0.15) is 5.26 Å². The second-order valence-electron chi connectivity index (χ2n) is 4.06. The molecule has 1 aliphatic rings. The zero-order valence-electron chi connectivity index (χ0n) is 9.19. The van der Waals surface area contributed by atoms with Gasteiger partial charge in [0.15, 0.2) is 6.79 Å². The van der Waals surface area contributed by atoms with E-state index in [0.29, 0.717) is 13.2 Å². The van der Waals surface area contributed by atoms with Crippen LogP contribution in [-0.4, -0.2) is 13.4 Å². The molecule has 0 unspecified atom stereocenters. The molecule has 0 atom stereocenters. The number of nitrogens with zero attached hydrogens (tertiary/aromatic N) is 1. The zero-order valence-corrected chi connectivity index (χ0v) is 9.19. The van der Waals surface area contributed by atoms with Gasteiger partial charge in [-0.15, -0.1) is 0 Å². The van der Waals surface area contributed by atoms with Crippen LogP contribution in [0.4, 0.5) is 0 Å². The first-order chi connectivity index (χ1) is 7.88. The summed E-state index contributed by atoms with van der Waals surface area (Å²) in [5.74, 6) is 1.53. The maximum atomic E-state index is 8.58. The predicted octanol–water partition coefficient (Wildman–Crippen LogP) is 2.52. The fraction of sp³-hybridized carbons (Fsp3) is 0.462. The Hall–Kier alpha value is -1.53. The highest BCUT2D eigenvalue weighted by molar-refractivity contribution is 5.29. The molecule has 1 aliphatic carbocycles. The first-order valence-corrected chi connectivity index (χ1v) is 5.55. The minimum absolute atomic E-state index is 0.298. The second-order valence-corrected chi connectivity index (χ2v) is 4.06. The van der Waals surface area contributed by atoms with Crippen molar-refractivity contribution < 1.29 is 9.47 Å². The van der Waals surface area contributed by atoms with Crippen LogP contribution in [0.3, 0.4) is 0 Å². The Labute approximate surface area is 95.6 Å². The topological polar surface area (TPSA) is 42.2 Å². The Kier molecular flexibility index (Phi) is 3.79. The van der Waals surface area contributed by atoms with Gasteiger partial charge in [-0.3, -0.25) is 0 Å². The van der Waals surface area contributed by atoms with E-state index >= 15 is 0 Å². The smallest absolute Gasteiger partial charge is 0.189 e. The Morgan fingerprint density at radius 3 is 3.00 bits per heavy atom. The summed E-state index contributed by atoms with van der Waals surface area (Å²) in [7, 11) is 0. The molecule has 0 aromatic heterocycles. The minimum Gasteiger partial charge on any atom is -0.468 e. The molecule has 0 amide bonds. The van der Waals surface area contributed by atoms with Gasteiger partial charge < -0.3 is 9.47 Å². The van der Waals surface area contributed by atoms with Gasteiger partial charge in [0.1, 0.15) is 5.75 Å². The van der Waals surface area contributed by atoms with Gasteiger partial charge in [-0.1, -0.05) is 12.1 Å². The quantitative estimate of drug-likeness (QED) is 0.543. The van der Waals surface area contributed by atoms with E-state index in [4.69, 9.17) is 14.7 Å². The van der Waals surface area contributed by atoms with E-state index in [-0.39, 0.29) is 0 Å². The van der Waals surface area contributed by atoms with Crippen LogP contribution in [0.15, 0.2) is 24.3 Å². The van der Waals surface area contributed by atoms with Crippen molar-refractivity contribution in [3.8, 4) is 11.8 Å².